The summed E-state index contributed by atoms with van der Waals surface area (Å²) in [5.41, 5.74) is -0.0765. The third-order valence-corrected chi connectivity index (χ3v) is 8.70. The Kier molecular flexibility index (Phi) is 8.80. The molecular formula is C35H34ClF3N4O5. The van der Waals surface area contributed by atoms with Crippen LogP contribution in [0.2, 0.25) is 5.02 Å². The molecule has 1 saturated heterocycles. The molecule has 2 aliphatic rings. The Balaban J connectivity index is 1.43. The molecule has 3 aromatic carbocycles. The Labute approximate surface area is 280 Å². The van der Waals surface area contributed by atoms with Gasteiger partial charge in [0.15, 0.2) is 5.82 Å². The lowest BCUT2D eigenvalue weighted by Gasteiger charge is -2.47. The number of aromatic nitrogens is 1. The number of methoxy groups -OCH3 is 1. The van der Waals surface area contributed by atoms with E-state index in [1.54, 1.807) is 59.2 Å². The van der Waals surface area contributed by atoms with Crippen LogP contribution in [0.3, 0.4) is 0 Å². The molecular weight excluding hydrogens is 649 g/mol. The molecule has 2 amide bonds. The summed E-state index contributed by atoms with van der Waals surface area (Å²) in [6.07, 6.45) is -2.12. The van der Waals surface area contributed by atoms with Gasteiger partial charge in [0, 0.05) is 42.2 Å². The van der Waals surface area contributed by atoms with Gasteiger partial charge in [0.1, 0.15) is 35.3 Å². The Hall–Kier alpha value is -4.71. The first-order valence-corrected chi connectivity index (χ1v) is 15.7. The number of benzene rings is 3. The number of likely N-dealkylation sites (N-methyl/N-ethyl adjacent to an activating group) is 1. The molecule has 1 aromatic heterocycles. The number of carbonyl (C=O) groups excluding carboxylic acids is 2. The van der Waals surface area contributed by atoms with Crippen LogP contribution >= 0.6 is 11.6 Å². The minimum atomic E-state index is -2.96. The second kappa shape index (κ2) is 12.7. The average molecular weight is 683 g/mol. The molecule has 2 aliphatic heterocycles. The Bertz CT molecular complexity index is 1900. The maximum atomic E-state index is 16.7. The predicted molar refractivity (Wildman–Crippen MR) is 177 cm³/mol. The summed E-state index contributed by atoms with van der Waals surface area (Å²) in [6.45, 7) is 5.84. The fourth-order valence-corrected chi connectivity index (χ4v) is 6.40. The van der Waals surface area contributed by atoms with E-state index < -0.39 is 35.5 Å². The molecule has 0 bridgehead atoms. The van der Waals surface area contributed by atoms with Crippen molar-refractivity contribution in [3.8, 4) is 22.6 Å². The fourth-order valence-electron chi connectivity index (χ4n) is 6.11. The van der Waals surface area contributed by atoms with E-state index in [0.29, 0.717) is 22.5 Å². The van der Waals surface area contributed by atoms with Crippen molar-refractivity contribution in [1.29, 1.82) is 0 Å². The first-order valence-electron chi connectivity index (χ1n) is 15.3. The molecule has 9 nitrogen and oxygen atoms in total. The normalized spacial score (nSPS) is 16.2. The third-order valence-electron chi connectivity index (χ3n) is 8.40. The van der Waals surface area contributed by atoms with Gasteiger partial charge in [-0.3, -0.25) is 9.78 Å². The quantitative estimate of drug-likeness (QED) is 0.207. The maximum absolute atomic E-state index is 16.7. The van der Waals surface area contributed by atoms with Crippen molar-refractivity contribution < 1.29 is 37.0 Å². The van der Waals surface area contributed by atoms with E-state index in [1.807, 2.05) is 4.90 Å². The van der Waals surface area contributed by atoms with Gasteiger partial charge in [-0.1, -0.05) is 35.9 Å². The van der Waals surface area contributed by atoms with Crippen LogP contribution < -0.4 is 19.3 Å². The fraction of sp³-hybridized carbons (Fsp3) is 0.343. The van der Waals surface area contributed by atoms with Gasteiger partial charge in [-0.2, -0.15) is 0 Å². The van der Waals surface area contributed by atoms with Crippen LogP contribution in [0.1, 0.15) is 38.3 Å². The van der Waals surface area contributed by atoms with Gasteiger partial charge >= 0.3 is 6.09 Å². The van der Waals surface area contributed by atoms with Crippen molar-refractivity contribution in [3.05, 3.63) is 76.7 Å². The predicted octanol–water partition coefficient (Wildman–Crippen LogP) is 7.62. The lowest BCUT2D eigenvalue weighted by Crippen LogP contribution is -2.63. The van der Waals surface area contributed by atoms with Gasteiger partial charge in [0.05, 0.1) is 36.2 Å². The topological polar surface area (TPSA) is 84.4 Å². The van der Waals surface area contributed by atoms with E-state index in [1.165, 1.54) is 40.3 Å². The van der Waals surface area contributed by atoms with Crippen LogP contribution in [-0.2, 0) is 16.1 Å². The summed E-state index contributed by atoms with van der Waals surface area (Å²) in [5.74, 6) is -0.521. The number of anilines is 2. The molecule has 0 radical (unpaired) electrons. The summed E-state index contributed by atoms with van der Waals surface area (Å²) in [7, 11) is 3.12. The van der Waals surface area contributed by atoms with Crippen molar-refractivity contribution in [3.63, 3.8) is 0 Å². The van der Waals surface area contributed by atoms with Crippen molar-refractivity contribution in [2.24, 2.45) is 0 Å². The molecule has 6 rings (SSSR count). The second-order valence-corrected chi connectivity index (χ2v) is 13.0. The van der Waals surface area contributed by atoms with Gasteiger partial charge in [-0.05, 0) is 50.6 Å². The van der Waals surface area contributed by atoms with Gasteiger partial charge in [-0.15, -0.1) is 0 Å². The van der Waals surface area contributed by atoms with Crippen LogP contribution in [0.25, 0.3) is 22.0 Å². The number of alkyl halides is 2. The monoisotopic (exact) mass is 682 g/mol. The van der Waals surface area contributed by atoms with Crippen LogP contribution in [0, 0.1) is 5.82 Å². The van der Waals surface area contributed by atoms with Gasteiger partial charge in [-0.25, -0.2) is 18.0 Å². The average Bonchev–Trinajstić information content (AvgIpc) is 3.05. The molecule has 48 heavy (non-hydrogen) atoms. The summed E-state index contributed by atoms with van der Waals surface area (Å²) < 4.78 is 62.4. The summed E-state index contributed by atoms with van der Waals surface area (Å²) in [6, 6.07) is 11.8. The van der Waals surface area contributed by atoms with E-state index >= 15 is 4.39 Å². The number of halogens is 4. The molecule has 0 saturated carbocycles. The van der Waals surface area contributed by atoms with E-state index in [-0.39, 0.29) is 59.6 Å². The van der Waals surface area contributed by atoms with Crippen molar-refractivity contribution in [2.75, 3.05) is 43.6 Å². The standard InChI is InChI=1S/C35H34ClF3N4O5/c1-35(2,3)48-34(45)42-13-14-43-25(17-42)33(44)41(4)24-16-40-30-22(31(24)43)15-23(36)28(29(30)37)27-21(32(38)39)7-6-8-26(27)47-18-19-9-11-20(46-5)12-10-19/h6-12,15-16,25,32H,13-14,17-18H2,1-5H3/t25-/m1/s1. The molecule has 0 N–H and O–H groups in total. The molecule has 1 atom stereocenters. The molecule has 4 aromatic rings. The largest absolute Gasteiger partial charge is 0.497 e. The number of ether oxygens (including phenoxy) is 3. The van der Waals surface area contributed by atoms with Crippen molar-refractivity contribution in [2.45, 2.75) is 45.4 Å². The number of carbonyl (C=O) groups is 2. The first-order chi connectivity index (χ1) is 22.8. The lowest BCUT2D eigenvalue weighted by atomic mass is 9.95. The Morgan fingerprint density at radius 1 is 1.10 bits per heavy atom. The number of fused-ring (bicyclic) bond motifs is 5. The zero-order valence-corrected chi connectivity index (χ0v) is 27.8. The molecule has 13 heteroatoms. The number of nitrogens with zero attached hydrogens (tertiary/aromatic N) is 4. The number of amides is 2. The maximum Gasteiger partial charge on any atom is 0.410 e. The highest BCUT2D eigenvalue weighted by Gasteiger charge is 2.43. The highest BCUT2D eigenvalue weighted by atomic mass is 35.5. The zero-order chi connectivity index (χ0) is 34.5. The van der Waals surface area contributed by atoms with Crippen LogP contribution in [0.5, 0.6) is 11.5 Å². The number of hydrogen-bond acceptors (Lipinski definition) is 7. The van der Waals surface area contributed by atoms with E-state index in [2.05, 4.69) is 4.98 Å². The van der Waals surface area contributed by atoms with Gasteiger partial charge < -0.3 is 28.9 Å². The summed E-state index contributed by atoms with van der Waals surface area (Å²) in [5, 5.41) is 0.158. The summed E-state index contributed by atoms with van der Waals surface area (Å²) in [4.78, 5) is 35.4. The van der Waals surface area contributed by atoms with Crippen LogP contribution in [0.15, 0.2) is 54.7 Å². The SMILES string of the molecule is COc1ccc(COc2cccc(C(F)F)c2-c2c(Cl)cc3c4c(cnc3c2F)N(C)C(=O)[C@H]2CN(C(=O)OC(C)(C)C)CCN42)cc1. The Morgan fingerprint density at radius 3 is 2.50 bits per heavy atom. The zero-order valence-electron chi connectivity index (χ0n) is 27.0. The summed E-state index contributed by atoms with van der Waals surface area (Å²) >= 11 is 6.80. The van der Waals surface area contributed by atoms with Crippen molar-refractivity contribution in [1.82, 2.24) is 9.88 Å². The third kappa shape index (κ3) is 6.05. The van der Waals surface area contributed by atoms with E-state index in [4.69, 9.17) is 25.8 Å². The second-order valence-electron chi connectivity index (χ2n) is 12.6. The molecule has 0 aliphatic carbocycles. The highest BCUT2D eigenvalue weighted by molar-refractivity contribution is 6.35. The highest BCUT2D eigenvalue weighted by Crippen LogP contribution is 2.48. The van der Waals surface area contributed by atoms with Crippen molar-refractivity contribution >= 4 is 45.9 Å². The molecule has 0 unspecified atom stereocenters. The van der Waals surface area contributed by atoms with Crippen LogP contribution in [-0.4, -0.2) is 67.3 Å². The van der Waals surface area contributed by atoms with Crippen LogP contribution in [0.4, 0.5) is 29.3 Å². The Morgan fingerprint density at radius 2 is 1.83 bits per heavy atom. The van der Waals surface area contributed by atoms with Gasteiger partial charge in [0.2, 0.25) is 0 Å². The number of hydrogen-bond donors (Lipinski definition) is 0. The molecule has 3 heterocycles. The smallest absolute Gasteiger partial charge is 0.410 e. The number of rotatable bonds is 6. The van der Waals surface area contributed by atoms with E-state index in [9.17, 15) is 18.4 Å². The molecule has 1 fully saturated rings. The lowest BCUT2D eigenvalue weighted by molar-refractivity contribution is -0.120. The molecule has 252 valence electrons. The number of piperazine rings is 1. The first kappa shape index (κ1) is 33.2. The van der Waals surface area contributed by atoms with Gasteiger partial charge in [0.25, 0.3) is 12.3 Å². The van der Waals surface area contributed by atoms with E-state index in [0.717, 1.165) is 5.56 Å². The minimum absolute atomic E-state index is 0.0132. The number of pyridine rings is 1. The minimum Gasteiger partial charge on any atom is -0.497 e. The molecule has 0 spiro atoms.